The first-order chi connectivity index (χ1) is 23.2. The zero-order chi connectivity index (χ0) is 35.2. The van der Waals surface area contributed by atoms with Crippen molar-refractivity contribution in [3.63, 3.8) is 0 Å². The van der Waals surface area contributed by atoms with Crippen molar-refractivity contribution in [3.8, 4) is 0 Å². The van der Waals surface area contributed by atoms with E-state index in [-0.39, 0.29) is 21.7 Å². The molecule has 49 heavy (non-hydrogen) atoms. The quantitative estimate of drug-likeness (QED) is 0.159. The predicted molar refractivity (Wildman–Crippen MR) is 181 cm³/mol. The van der Waals surface area contributed by atoms with Gasteiger partial charge in [0, 0.05) is 38.8 Å². The summed E-state index contributed by atoms with van der Waals surface area (Å²) in [7, 11) is 0. The lowest BCUT2D eigenvalue weighted by Crippen LogP contribution is -2.42. The van der Waals surface area contributed by atoms with E-state index in [1.54, 1.807) is 6.07 Å². The molecule has 260 valence electrons. The number of hydrogen-bond acceptors (Lipinski definition) is 3. The van der Waals surface area contributed by atoms with Crippen LogP contribution in [0, 0.1) is 0 Å². The highest BCUT2D eigenvalue weighted by atomic mass is 35.5. The van der Waals surface area contributed by atoms with Crippen molar-refractivity contribution in [3.05, 3.63) is 153 Å². The molecule has 1 fully saturated rings. The lowest BCUT2D eigenvalue weighted by Gasteiger charge is -2.38. The number of halogens is 8. The van der Waals surface area contributed by atoms with E-state index in [1.807, 2.05) is 66.7 Å². The summed E-state index contributed by atoms with van der Waals surface area (Å²) in [6.45, 7) is 3.42. The molecule has 4 aromatic rings. The fraction of sp³-hybridized carbons (Fsp3) is 0.316. The first-order valence-corrected chi connectivity index (χ1v) is 16.6. The lowest BCUT2D eigenvalue weighted by atomic mass is 9.83. The SMILES string of the molecule is FC(F)(F)c1cc(C2CC=CCN2Cc2ccccc2)ccc1Cl.OC1(c2ccc(Cl)c(C(F)(F)F)c2)CCN(Cc2ccccc2)CC1. The number of nitrogens with zero attached hydrogens (tertiary/aromatic N) is 2. The highest BCUT2D eigenvalue weighted by Crippen LogP contribution is 2.41. The molecule has 2 aliphatic heterocycles. The molecule has 2 heterocycles. The van der Waals surface area contributed by atoms with Gasteiger partial charge in [-0.2, -0.15) is 26.3 Å². The van der Waals surface area contributed by atoms with Crippen LogP contribution in [0.3, 0.4) is 0 Å². The second kappa shape index (κ2) is 15.7. The maximum atomic E-state index is 13.1. The zero-order valence-corrected chi connectivity index (χ0v) is 28.0. The van der Waals surface area contributed by atoms with Crippen LogP contribution in [-0.2, 0) is 31.0 Å². The topological polar surface area (TPSA) is 26.7 Å². The molecule has 1 unspecified atom stereocenters. The maximum Gasteiger partial charge on any atom is 0.417 e. The summed E-state index contributed by atoms with van der Waals surface area (Å²) in [5, 5.41) is 10.3. The van der Waals surface area contributed by atoms with Crippen molar-refractivity contribution in [2.45, 2.75) is 56.3 Å². The molecule has 0 spiro atoms. The summed E-state index contributed by atoms with van der Waals surface area (Å²) in [5.74, 6) is 0. The normalized spacial score (nSPS) is 18.5. The number of likely N-dealkylation sites (tertiary alicyclic amines) is 1. The second-order valence-corrected chi connectivity index (χ2v) is 13.2. The Hall–Kier alpha value is -3.34. The van der Waals surface area contributed by atoms with Gasteiger partial charge in [-0.3, -0.25) is 9.80 Å². The molecule has 11 heteroatoms. The van der Waals surface area contributed by atoms with Crippen LogP contribution in [0.4, 0.5) is 26.3 Å². The van der Waals surface area contributed by atoms with Gasteiger partial charge in [0.25, 0.3) is 0 Å². The van der Waals surface area contributed by atoms with Crippen LogP contribution in [-0.4, -0.2) is 34.5 Å². The van der Waals surface area contributed by atoms with Gasteiger partial charge >= 0.3 is 12.4 Å². The van der Waals surface area contributed by atoms with Gasteiger partial charge in [0.1, 0.15) is 0 Å². The standard InChI is InChI=1S/C19H19ClF3NO.C19H17ClF3N/c20-17-7-6-15(12-16(17)19(21,22)23)18(25)8-10-24(11-9-18)13-14-4-2-1-3-5-14;20-17-10-9-15(12-16(17)19(21,22)23)18-8-4-5-11-24(18)13-14-6-2-1-3-7-14/h1-7,12,25H,8-11,13H2;1-7,9-10,12,18H,8,11,13H2. The number of benzene rings is 4. The number of aliphatic hydroxyl groups is 1. The van der Waals surface area contributed by atoms with Crippen LogP contribution >= 0.6 is 23.2 Å². The minimum atomic E-state index is -4.53. The molecule has 0 aliphatic carbocycles. The average molecular weight is 722 g/mol. The minimum absolute atomic E-state index is 0.0893. The number of rotatable bonds is 6. The monoisotopic (exact) mass is 720 g/mol. The van der Waals surface area contributed by atoms with Crippen molar-refractivity contribution >= 4 is 23.2 Å². The van der Waals surface area contributed by atoms with E-state index in [4.69, 9.17) is 23.2 Å². The number of hydrogen-bond donors (Lipinski definition) is 1. The van der Waals surface area contributed by atoms with Crippen LogP contribution < -0.4 is 0 Å². The van der Waals surface area contributed by atoms with Crippen LogP contribution in [0.1, 0.15) is 58.7 Å². The third-order valence-electron chi connectivity index (χ3n) is 8.96. The predicted octanol–water partition coefficient (Wildman–Crippen LogP) is 10.7. The Morgan fingerprint density at radius 3 is 1.78 bits per heavy atom. The molecule has 0 bridgehead atoms. The second-order valence-electron chi connectivity index (χ2n) is 12.4. The van der Waals surface area contributed by atoms with Gasteiger partial charge in [0.2, 0.25) is 0 Å². The van der Waals surface area contributed by atoms with E-state index in [2.05, 4.69) is 15.9 Å². The van der Waals surface area contributed by atoms with Gasteiger partial charge in [-0.1, -0.05) is 108 Å². The third kappa shape index (κ3) is 9.67. The first kappa shape index (κ1) is 36.9. The molecule has 0 aromatic heterocycles. The average Bonchev–Trinajstić information content (AvgIpc) is 3.07. The Labute approximate surface area is 292 Å². The van der Waals surface area contributed by atoms with Crippen molar-refractivity contribution in [2.24, 2.45) is 0 Å². The summed E-state index contributed by atoms with van der Waals surface area (Å²) in [6.07, 6.45) is -3.43. The number of piperidine rings is 1. The fourth-order valence-corrected chi connectivity index (χ4v) is 6.71. The zero-order valence-electron chi connectivity index (χ0n) is 26.5. The Morgan fingerprint density at radius 1 is 0.673 bits per heavy atom. The molecule has 1 N–H and O–H groups in total. The highest BCUT2D eigenvalue weighted by Gasteiger charge is 2.39. The maximum absolute atomic E-state index is 13.1. The molecule has 4 aromatic carbocycles. The fourth-order valence-electron chi connectivity index (χ4n) is 6.26. The van der Waals surface area contributed by atoms with Gasteiger partial charge in [-0.15, -0.1) is 0 Å². The van der Waals surface area contributed by atoms with Gasteiger partial charge in [0.15, 0.2) is 0 Å². The summed E-state index contributed by atoms with van der Waals surface area (Å²) in [6, 6.07) is 27.7. The van der Waals surface area contributed by atoms with Crippen molar-refractivity contribution in [2.75, 3.05) is 19.6 Å². The Bertz CT molecular complexity index is 1710. The van der Waals surface area contributed by atoms with Crippen molar-refractivity contribution in [1.29, 1.82) is 0 Å². The van der Waals surface area contributed by atoms with Crippen LogP contribution in [0.2, 0.25) is 10.0 Å². The lowest BCUT2D eigenvalue weighted by molar-refractivity contribution is -0.138. The molecule has 0 amide bonds. The van der Waals surface area contributed by atoms with E-state index < -0.39 is 29.1 Å². The van der Waals surface area contributed by atoms with Gasteiger partial charge in [0.05, 0.1) is 26.8 Å². The minimum Gasteiger partial charge on any atom is -0.385 e. The molecule has 1 saturated heterocycles. The van der Waals surface area contributed by atoms with E-state index in [9.17, 15) is 31.4 Å². The molecular weight excluding hydrogens is 685 g/mol. The van der Waals surface area contributed by atoms with E-state index in [1.165, 1.54) is 29.8 Å². The van der Waals surface area contributed by atoms with Crippen molar-refractivity contribution < 1.29 is 31.4 Å². The van der Waals surface area contributed by atoms with E-state index in [0.29, 0.717) is 51.0 Å². The summed E-state index contributed by atoms with van der Waals surface area (Å²) in [4.78, 5) is 4.38. The van der Waals surface area contributed by atoms with E-state index in [0.717, 1.165) is 18.2 Å². The van der Waals surface area contributed by atoms with Crippen molar-refractivity contribution in [1.82, 2.24) is 9.80 Å². The Kier molecular flexibility index (Phi) is 11.8. The molecule has 6 rings (SSSR count). The molecule has 3 nitrogen and oxygen atoms in total. The van der Waals surface area contributed by atoms with Gasteiger partial charge in [-0.25, -0.2) is 0 Å². The summed E-state index contributed by atoms with van der Waals surface area (Å²) < 4.78 is 78.5. The van der Waals surface area contributed by atoms with Crippen LogP contribution in [0.25, 0.3) is 0 Å². The third-order valence-corrected chi connectivity index (χ3v) is 9.62. The van der Waals surface area contributed by atoms with Crippen LogP contribution in [0.5, 0.6) is 0 Å². The molecule has 0 radical (unpaired) electrons. The Morgan fingerprint density at radius 2 is 1.20 bits per heavy atom. The molecule has 1 atom stereocenters. The summed E-state index contributed by atoms with van der Waals surface area (Å²) in [5.41, 5.74) is 0.331. The first-order valence-electron chi connectivity index (χ1n) is 15.9. The molecule has 0 saturated carbocycles. The highest BCUT2D eigenvalue weighted by molar-refractivity contribution is 6.31. The van der Waals surface area contributed by atoms with Crippen LogP contribution in [0.15, 0.2) is 109 Å². The molecular formula is C38H36Cl2F6N2O. The summed E-state index contributed by atoms with van der Waals surface area (Å²) >= 11 is 11.4. The molecule has 2 aliphatic rings. The number of alkyl halides is 6. The van der Waals surface area contributed by atoms with Gasteiger partial charge in [-0.05, 0) is 65.8 Å². The Balaban J connectivity index is 0.000000191. The smallest absolute Gasteiger partial charge is 0.385 e. The van der Waals surface area contributed by atoms with Gasteiger partial charge < -0.3 is 5.11 Å². The largest absolute Gasteiger partial charge is 0.417 e. The van der Waals surface area contributed by atoms with E-state index >= 15 is 0 Å².